The average molecular weight is 409 g/mol. The van der Waals surface area contributed by atoms with Gasteiger partial charge in [-0.3, -0.25) is 9.36 Å². The lowest BCUT2D eigenvalue weighted by atomic mass is 10.1. The molecule has 2 aliphatic rings. The summed E-state index contributed by atoms with van der Waals surface area (Å²) in [6.45, 7) is 6.93. The van der Waals surface area contributed by atoms with Gasteiger partial charge in [-0.25, -0.2) is 9.78 Å². The van der Waals surface area contributed by atoms with Crippen molar-refractivity contribution < 1.29 is 14.3 Å². The molecule has 0 saturated carbocycles. The van der Waals surface area contributed by atoms with Crippen molar-refractivity contribution >= 4 is 34.6 Å². The van der Waals surface area contributed by atoms with E-state index >= 15 is 0 Å². The number of anilines is 1. The highest BCUT2D eigenvalue weighted by Crippen LogP contribution is 2.28. The Morgan fingerprint density at radius 2 is 1.90 bits per heavy atom. The third-order valence-corrected chi connectivity index (χ3v) is 5.25. The van der Waals surface area contributed by atoms with E-state index in [4.69, 9.17) is 9.72 Å². The molecular weight excluding hydrogens is 380 g/mol. The van der Waals surface area contributed by atoms with E-state index in [0.717, 1.165) is 35.5 Å². The Morgan fingerprint density at radius 3 is 2.57 bits per heavy atom. The first-order valence-electron chi connectivity index (χ1n) is 10.4. The number of ether oxygens (including phenoxy) is 1. The van der Waals surface area contributed by atoms with E-state index in [-0.39, 0.29) is 17.9 Å². The minimum absolute atomic E-state index is 0.104. The fraction of sp³-hybridized carbons (Fsp3) is 0.435. The van der Waals surface area contributed by atoms with E-state index in [0.29, 0.717) is 19.5 Å². The number of benzene rings is 1. The molecule has 1 aliphatic carbocycles. The van der Waals surface area contributed by atoms with Crippen LogP contribution in [0.5, 0.6) is 0 Å². The zero-order valence-electron chi connectivity index (χ0n) is 17.7. The molecule has 158 valence electrons. The molecule has 1 aromatic carbocycles. The number of fused-ring (bicyclic) bond motifs is 1. The van der Waals surface area contributed by atoms with Crippen molar-refractivity contribution in [2.75, 3.05) is 18.4 Å². The molecule has 4 rings (SSSR count). The molecule has 1 fully saturated rings. The van der Waals surface area contributed by atoms with E-state index in [2.05, 4.69) is 9.88 Å². The second kappa shape index (κ2) is 7.97. The van der Waals surface area contributed by atoms with Crippen LogP contribution in [-0.2, 0) is 9.53 Å². The molecule has 1 aliphatic heterocycles. The number of allylic oxidation sites excluding steroid dienone is 4. The Hall–Kier alpha value is -3.09. The quantitative estimate of drug-likeness (QED) is 0.823. The first-order chi connectivity index (χ1) is 14.3. The van der Waals surface area contributed by atoms with Crippen LogP contribution >= 0.6 is 0 Å². The first-order valence-corrected chi connectivity index (χ1v) is 10.4. The molecule has 0 bridgehead atoms. The third kappa shape index (κ3) is 4.40. The Kier molecular flexibility index (Phi) is 5.37. The van der Waals surface area contributed by atoms with E-state index < -0.39 is 5.60 Å². The number of ketones is 1. The fourth-order valence-corrected chi connectivity index (χ4v) is 3.79. The van der Waals surface area contributed by atoms with Crippen molar-refractivity contribution in [2.24, 2.45) is 0 Å². The highest BCUT2D eigenvalue weighted by Gasteiger charge is 2.28. The van der Waals surface area contributed by atoms with Crippen LogP contribution in [0.15, 0.2) is 42.5 Å². The lowest BCUT2D eigenvalue weighted by Crippen LogP contribution is -2.44. The molecule has 7 heteroatoms. The monoisotopic (exact) mass is 408 g/mol. The highest BCUT2D eigenvalue weighted by atomic mass is 16.6. The summed E-state index contributed by atoms with van der Waals surface area (Å²) < 4.78 is 7.55. The van der Waals surface area contributed by atoms with Crippen molar-refractivity contribution in [1.82, 2.24) is 14.5 Å². The fourth-order valence-electron chi connectivity index (χ4n) is 3.79. The molecule has 1 N–H and O–H groups in total. The summed E-state index contributed by atoms with van der Waals surface area (Å²) in [4.78, 5) is 30.5. The number of nitrogens with zero attached hydrogens (tertiary/aromatic N) is 3. The predicted molar refractivity (Wildman–Crippen MR) is 117 cm³/mol. The van der Waals surface area contributed by atoms with Gasteiger partial charge in [-0.2, -0.15) is 0 Å². The third-order valence-electron chi connectivity index (χ3n) is 5.25. The Labute approximate surface area is 176 Å². The molecule has 0 spiro atoms. The minimum atomic E-state index is -0.486. The maximum absolute atomic E-state index is 12.3. The summed E-state index contributed by atoms with van der Waals surface area (Å²) >= 11 is 0. The Balaban J connectivity index is 1.50. The van der Waals surface area contributed by atoms with Crippen LogP contribution in [0.1, 0.15) is 40.0 Å². The van der Waals surface area contributed by atoms with Gasteiger partial charge < -0.3 is 15.0 Å². The molecule has 7 nitrogen and oxygen atoms in total. The molecule has 0 atom stereocenters. The molecule has 2 aromatic rings. The zero-order valence-corrected chi connectivity index (χ0v) is 17.7. The van der Waals surface area contributed by atoms with Gasteiger partial charge >= 0.3 is 6.09 Å². The Bertz CT molecular complexity index is 1020. The predicted octanol–water partition coefficient (Wildman–Crippen LogP) is 4.22. The second-order valence-corrected chi connectivity index (χ2v) is 8.78. The minimum Gasteiger partial charge on any atom is -0.444 e. The molecule has 0 radical (unpaired) electrons. The van der Waals surface area contributed by atoms with Gasteiger partial charge in [0.2, 0.25) is 5.95 Å². The topological polar surface area (TPSA) is 76.5 Å². The Morgan fingerprint density at radius 1 is 1.17 bits per heavy atom. The SMILES string of the molecule is CC(C)(C)OC(=O)N1CCC(Nc2nc3ccccc3n2C2=CCC(=O)C=C2)CC1. The maximum Gasteiger partial charge on any atom is 0.410 e. The number of para-hydroxylation sites is 2. The van der Waals surface area contributed by atoms with Gasteiger partial charge in [0.05, 0.1) is 11.0 Å². The number of aromatic nitrogens is 2. The number of amides is 1. The van der Waals surface area contributed by atoms with Gasteiger partial charge in [0, 0.05) is 31.2 Å². The molecule has 1 aromatic heterocycles. The summed E-state index contributed by atoms with van der Waals surface area (Å²) in [6, 6.07) is 8.18. The number of carbonyl (C=O) groups is 2. The second-order valence-electron chi connectivity index (χ2n) is 8.78. The average Bonchev–Trinajstić information content (AvgIpc) is 3.06. The molecule has 1 saturated heterocycles. The van der Waals surface area contributed by atoms with Crippen molar-refractivity contribution in [3.05, 3.63) is 42.5 Å². The standard InChI is InChI=1S/C23H28N4O3/c1-23(2,3)30-22(29)26-14-12-16(13-15-26)24-21-25-19-6-4-5-7-20(19)27(21)17-8-10-18(28)11-9-17/h4-10,16H,11-15H2,1-3H3,(H,24,25). The van der Waals surface area contributed by atoms with Crippen LogP contribution in [0.3, 0.4) is 0 Å². The lowest BCUT2D eigenvalue weighted by molar-refractivity contribution is -0.113. The molecular formula is C23H28N4O3. The van der Waals surface area contributed by atoms with Crippen LogP contribution in [-0.4, -0.2) is 51.1 Å². The number of hydrogen-bond donors (Lipinski definition) is 1. The van der Waals surface area contributed by atoms with Crippen LogP contribution in [0.2, 0.25) is 0 Å². The van der Waals surface area contributed by atoms with Gasteiger partial charge in [-0.1, -0.05) is 18.2 Å². The summed E-state index contributed by atoms with van der Waals surface area (Å²) in [5, 5.41) is 3.57. The van der Waals surface area contributed by atoms with Crippen molar-refractivity contribution in [2.45, 2.75) is 51.7 Å². The van der Waals surface area contributed by atoms with Crippen LogP contribution < -0.4 is 5.32 Å². The van der Waals surface area contributed by atoms with E-state index in [1.807, 2.05) is 57.2 Å². The van der Waals surface area contributed by atoms with Crippen LogP contribution in [0.4, 0.5) is 10.7 Å². The van der Waals surface area contributed by atoms with Crippen LogP contribution in [0, 0.1) is 0 Å². The van der Waals surface area contributed by atoms with E-state index in [1.165, 1.54) is 0 Å². The molecule has 1 amide bonds. The highest BCUT2D eigenvalue weighted by molar-refractivity contribution is 5.97. The van der Waals surface area contributed by atoms with E-state index in [1.54, 1.807) is 11.0 Å². The normalized spacial score (nSPS) is 17.9. The number of rotatable bonds is 3. The first kappa shape index (κ1) is 20.2. The number of likely N-dealkylation sites (tertiary alicyclic amines) is 1. The summed E-state index contributed by atoms with van der Waals surface area (Å²) in [5.41, 5.74) is 2.35. The number of piperidine rings is 1. The zero-order chi connectivity index (χ0) is 21.3. The lowest BCUT2D eigenvalue weighted by Gasteiger charge is -2.34. The molecule has 2 heterocycles. The smallest absolute Gasteiger partial charge is 0.410 e. The largest absolute Gasteiger partial charge is 0.444 e. The van der Waals surface area contributed by atoms with E-state index in [9.17, 15) is 9.59 Å². The van der Waals surface area contributed by atoms with Gasteiger partial charge in [-0.15, -0.1) is 0 Å². The van der Waals surface area contributed by atoms with Crippen LogP contribution in [0.25, 0.3) is 16.7 Å². The molecule has 30 heavy (non-hydrogen) atoms. The number of imidazole rings is 1. The molecule has 0 unspecified atom stereocenters. The number of nitrogens with one attached hydrogen (secondary N) is 1. The van der Waals surface area contributed by atoms with Gasteiger partial charge in [0.15, 0.2) is 5.78 Å². The maximum atomic E-state index is 12.3. The van der Waals surface area contributed by atoms with Crippen molar-refractivity contribution in [1.29, 1.82) is 0 Å². The summed E-state index contributed by atoms with van der Waals surface area (Å²) in [5.74, 6) is 0.865. The van der Waals surface area contributed by atoms with Crippen molar-refractivity contribution in [3.63, 3.8) is 0 Å². The van der Waals surface area contributed by atoms with Crippen molar-refractivity contribution in [3.8, 4) is 0 Å². The number of carbonyl (C=O) groups excluding carboxylic acids is 2. The summed E-state index contributed by atoms with van der Waals surface area (Å²) in [7, 11) is 0. The van der Waals surface area contributed by atoms with Gasteiger partial charge in [-0.05, 0) is 57.9 Å². The van der Waals surface area contributed by atoms with Gasteiger partial charge in [0.25, 0.3) is 0 Å². The summed E-state index contributed by atoms with van der Waals surface area (Å²) in [6.07, 6.45) is 7.17. The number of hydrogen-bond acceptors (Lipinski definition) is 5. The van der Waals surface area contributed by atoms with Gasteiger partial charge in [0.1, 0.15) is 5.60 Å².